The topological polar surface area (TPSA) is 78.9 Å². The Hall–Kier alpha value is -1.30. The summed E-state index contributed by atoms with van der Waals surface area (Å²) in [5, 5.41) is 12.0. The summed E-state index contributed by atoms with van der Waals surface area (Å²) in [6.45, 7) is 4.90. The molecule has 6 heteroatoms. The molecule has 2 amide bonds. The Morgan fingerprint density at radius 3 is 2.80 bits per heavy atom. The Morgan fingerprint density at radius 1 is 1.40 bits per heavy atom. The molecule has 1 aliphatic heterocycles. The predicted molar refractivity (Wildman–Crippen MR) is 75.7 cm³/mol. The van der Waals surface area contributed by atoms with Gasteiger partial charge < -0.3 is 20.1 Å². The highest BCUT2D eigenvalue weighted by atomic mass is 16.5. The number of ether oxygens (including phenoxy) is 1. The molecule has 0 saturated carbocycles. The number of hydrogen-bond donors (Lipinski definition) is 2. The van der Waals surface area contributed by atoms with E-state index < -0.39 is 12.0 Å². The Kier molecular flexibility index (Phi) is 7.36. The van der Waals surface area contributed by atoms with E-state index >= 15 is 0 Å². The third-order valence-corrected chi connectivity index (χ3v) is 3.53. The molecule has 1 aliphatic rings. The first-order valence-electron chi connectivity index (χ1n) is 7.44. The fraction of sp³-hybridized carbons (Fsp3) is 0.857. The normalized spacial score (nSPS) is 20.5. The first-order chi connectivity index (χ1) is 9.56. The van der Waals surface area contributed by atoms with Crippen LogP contribution in [0.3, 0.4) is 0 Å². The van der Waals surface area contributed by atoms with Crippen LogP contribution in [0.15, 0.2) is 0 Å². The SMILES string of the molecule is CCCCCCC(C)NC(=O)N1CCOCC1C(=O)O. The average Bonchev–Trinajstić information content (AvgIpc) is 2.43. The maximum absolute atomic E-state index is 12.1. The van der Waals surface area contributed by atoms with Gasteiger partial charge in [0.2, 0.25) is 0 Å². The predicted octanol–water partition coefficient (Wildman–Crippen LogP) is 1.84. The molecule has 0 radical (unpaired) electrons. The van der Waals surface area contributed by atoms with E-state index in [2.05, 4.69) is 12.2 Å². The number of carbonyl (C=O) groups excluding carboxylic acids is 1. The third kappa shape index (κ3) is 5.36. The Morgan fingerprint density at radius 2 is 2.15 bits per heavy atom. The fourth-order valence-corrected chi connectivity index (χ4v) is 2.29. The molecular formula is C14H26N2O4. The highest BCUT2D eigenvalue weighted by Crippen LogP contribution is 2.09. The van der Waals surface area contributed by atoms with Crippen LogP contribution in [0, 0.1) is 0 Å². The molecule has 0 aliphatic carbocycles. The fourth-order valence-electron chi connectivity index (χ4n) is 2.29. The second kappa shape index (κ2) is 8.79. The Bertz CT molecular complexity index is 322. The number of nitrogens with one attached hydrogen (secondary N) is 1. The Labute approximate surface area is 120 Å². The van der Waals surface area contributed by atoms with Crippen molar-refractivity contribution in [2.24, 2.45) is 0 Å². The lowest BCUT2D eigenvalue weighted by molar-refractivity contribution is -0.147. The van der Waals surface area contributed by atoms with Crippen molar-refractivity contribution in [1.82, 2.24) is 10.2 Å². The van der Waals surface area contributed by atoms with Crippen LogP contribution in [-0.2, 0) is 9.53 Å². The first kappa shape index (κ1) is 16.8. The van der Waals surface area contributed by atoms with E-state index in [4.69, 9.17) is 9.84 Å². The number of unbranched alkanes of at least 4 members (excludes halogenated alkanes) is 3. The summed E-state index contributed by atoms with van der Waals surface area (Å²) in [7, 11) is 0. The zero-order chi connectivity index (χ0) is 15.0. The zero-order valence-corrected chi connectivity index (χ0v) is 12.4. The average molecular weight is 286 g/mol. The lowest BCUT2D eigenvalue weighted by Crippen LogP contribution is -2.56. The summed E-state index contributed by atoms with van der Waals surface area (Å²) < 4.78 is 5.12. The molecule has 1 saturated heterocycles. The number of carboxylic acid groups (broad SMARTS) is 1. The maximum atomic E-state index is 12.1. The van der Waals surface area contributed by atoms with Crippen LogP contribution in [0.1, 0.15) is 46.0 Å². The van der Waals surface area contributed by atoms with Gasteiger partial charge in [0.25, 0.3) is 0 Å². The van der Waals surface area contributed by atoms with Crippen LogP contribution in [0.25, 0.3) is 0 Å². The summed E-state index contributed by atoms with van der Waals surface area (Å²) >= 11 is 0. The van der Waals surface area contributed by atoms with E-state index in [0.717, 1.165) is 12.8 Å². The molecule has 0 aromatic heterocycles. The second-order valence-electron chi connectivity index (χ2n) is 5.32. The van der Waals surface area contributed by atoms with E-state index in [-0.39, 0.29) is 18.7 Å². The molecule has 2 N–H and O–H groups in total. The number of urea groups is 1. The van der Waals surface area contributed by atoms with Crippen molar-refractivity contribution in [3.63, 3.8) is 0 Å². The van der Waals surface area contributed by atoms with Crippen molar-refractivity contribution in [3.8, 4) is 0 Å². The van der Waals surface area contributed by atoms with Gasteiger partial charge in [0, 0.05) is 12.6 Å². The minimum Gasteiger partial charge on any atom is -0.480 e. The summed E-state index contributed by atoms with van der Waals surface area (Å²) in [6.07, 6.45) is 5.58. The molecule has 0 bridgehead atoms. The highest BCUT2D eigenvalue weighted by Gasteiger charge is 2.33. The minimum absolute atomic E-state index is 0.0631. The summed E-state index contributed by atoms with van der Waals surface area (Å²) in [6, 6.07) is -1.11. The van der Waals surface area contributed by atoms with E-state index in [9.17, 15) is 9.59 Å². The van der Waals surface area contributed by atoms with Gasteiger partial charge in [-0.1, -0.05) is 32.6 Å². The van der Waals surface area contributed by atoms with Gasteiger partial charge >= 0.3 is 12.0 Å². The van der Waals surface area contributed by atoms with Gasteiger partial charge in [0.05, 0.1) is 13.2 Å². The van der Waals surface area contributed by atoms with Crippen molar-refractivity contribution in [2.75, 3.05) is 19.8 Å². The van der Waals surface area contributed by atoms with Crippen molar-refractivity contribution in [3.05, 3.63) is 0 Å². The van der Waals surface area contributed by atoms with E-state index in [1.165, 1.54) is 24.2 Å². The summed E-state index contributed by atoms with van der Waals surface area (Å²) in [5.41, 5.74) is 0. The molecule has 2 unspecified atom stereocenters. The van der Waals surface area contributed by atoms with Crippen LogP contribution in [0.4, 0.5) is 4.79 Å². The van der Waals surface area contributed by atoms with Crippen LogP contribution < -0.4 is 5.32 Å². The molecule has 1 fully saturated rings. The van der Waals surface area contributed by atoms with Gasteiger partial charge in [-0.25, -0.2) is 9.59 Å². The number of nitrogens with zero attached hydrogens (tertiary/aromatic N) is 1. The molecule has 0 aromatic rings. The second-order valence-corrected chi connectivity index (χ2v) is 5.32. The summed E-state index contributed by atoms with van der Waals surface area (Å²) in [5.74, 6) is -1.02. The molecule has 20 heavy (non-hydrogen) atoms. The quantitative estimate of drug-likeness (QED) is 0.700. The van der Waals surface area contributed by atoms with Crippen LogP contribution in [0.5, 0.6) is 0 Å². The van der Waals surface area contributed by atoms with Crippen molar-refractivity contribution < 1.29 is 19.4 Å². The molecule has 1 heterocycles. The standard InChI is InChI=1S/C14H26N2O4/c1-3-4-5-6-7-11(2)15-14(19)16-8-9-20-10-12(16)13(17)18/h11-12H,3-10H2,1-2H3,(H,15,19)(H,17,18). The van der Waals surface area contributed by atoms with Crippen molar-refractivity contribution in [2.45, 2.75) is 58.0 Å². The van der Waals surface area contributed by atoms with Crippen LogP contribution >= 0.6 is 0 Å². The third-order valence-electron chi connectivity index (χ3n) is 3.53. The number of carbonyl (C=O) groups is 2. The van der Waals surface area contributed by atoms with E-state index in [1.54, 1.807) is 0 Å². The number of carboxylic acids is 1. The van der Waals surface area contributed by atoms with Gasteiger partial charge in [-0.05, 0) is 13.3 Å². The van der Waals surface area contributed by atoms with Crippen LogP contribution in [-0.4, -0.2) is 53.8 Å². The maximum Gasteiger partial charge on any atom is 0.328 e. The van der Waals surface area contributed by atoms with Gasteiger partial charge in [-0.15, -0.1) is 0 Å². The molecule has 116 valence electrons. The van der Waals surface area contributed by atoms with Crippen molar-refractivity contribution >= 4 is 12.0 Å². The number of amides is 2. The zero-order valence-electron chi connectivity index (χ0n) is 12.4. The molecule has 0 spiro atoms. The van der Waals surface area contributed by atoms with Gasteiger partial charge in [0.15, 0.2) is 6.04 Å². The monoisotopic (exact) mass is 286 g/mol. The number of hydrogen-bond acceptors (Lipinski definition) is 3. The molecule has 2 atom stereocenters. The lowest BCUT2D eigenvalue weighted by atomic mass is 10.1. The van der Waals surface area contributed by atoms with E-state index in [1.807, 2.05) is 6.92 Å². The van der Waals surface area contributed by atoms with E-state index in [0.29, 0.717) is 13.2 Å². The summed E-state index contributed by atoms with van der Waals surface area (Å²) in [4.78, 5) is 24.6. The molecule has 6 nitrogen and oxygen atoms in total. The molecule has 1 rings (SSSR count). The number of rotatable bonds is 7. The molecule has 0 aromatic carbocycles. The highest BCUT2D eigenvalue weighted by molar-refractivity contribution is 5.83. The lowest BCUT2D eigenvalue weighted by Gasteiger charge is -2.33. The minimum atomic E-state index is -1.02. The van der Waals surface area contributed by atoms with Gasteiger partial charge in [-0.2, -0.15) is 0 Å². The first-order valence-corrected chi connectivity index (χ1v) is 7.44. The van der Waals surface area contributed by atoms with Gasteiger partial charge in [0.1, 0.15) is 0 Å². The van der Waals surface area contributed by atoms with Gasteiger partial charge in [-0.3, -0.25) is 0 Å². The number of morpholine rings is 1. The van der Waals surface area contributed by atoms with Crippen molar-refractivity contribution in [1.29, 1.82) is 0 Å². The largest absolute Gasteiger partial charge is 0.480 e. The van der Waals surface area contributed by atoms with Crippen LogP contribution in [0.2, 0.25) is 0 Å². The Balaban J connectivity index is 2.37. The smallest absolute Gasteiger partial charge is 0.328 e. The molecular weight excluding hydrogens is 260 g/mol. The number of aliphatic carboxylic acids is 1.